The van der Waals surface area contributed by atoms with E-state index in [1.54, 1.807) is 6.07 Å². The molecule has 2 aromatic rings. The van der Waals surface area contributed by atoms with Gasteiger partial charge in [-0.3, -0.25) is 4.79 Å². The SMILES string of the molecule is O=C1CN(S(=O)(=O)c2cc3ccccc3s2)C(=S)N1. The fraction of sp³-hybridized carbons (Fsp3) is 0.0909. The van der Waals surface area contributed by atoms with Gasteiger partial charge in [0.2, 0.25) is 5.91 Å². The lowest BCUT2D eigenvalue weighted by Gasteiger charge is -2.13. The highest BCUT2D eigenvalue weighted by molar-refractivity contribution is 7.93. The molecule has 0 aliphatic carbocycles. The Hall–Kier alpha value is -1.51. The third kappa shape index (κ3) is 2.01. The molecule has 1 N–H and O–H groups in total. The second-order valence-electron chi connectivity index (χ2n) is 3.97. The number of hydrogen-bond donors (Lipinski definition) is 1. The van der Waals surface area contributed by atoms with Crippen molar-refractivity contribution in [1.29, 1.82) is 0 Å². The normalized spacial score (nSPS) is 16.1. The molecule has 0 saturated carbocycles. The van der Waals surface area contributed by atoms with E-state index in [0.717, 1.165) is 14.4 Å². The molecule has 2 heterocycles. The van der Waals surface area contributed by atoms with Gasteiger partial charge in [-0.15, -0.1) is 11.3 Å². The molecule has 1 fully saturated rings. The molecule has 1 amide bonds. The van der Waals surface area contributed by atoms with E-state index < -0.39 is 15.9 Å². The molecule has 1 aliphatic heterocycles. The van der Waals surface area contributed by atoms with Gasteiger partial charge >= 0.3 is 0 Å². The Morgan fingerprint density at radius 3 is 2.68 bits per heavy atom. The Kier molecular flexibility index (Phi) is 2.80. The molecule has 1 aliphatic rings. The van der Waals surface area contributed by atoms with Crippen LogP contribution >= 0.6 is 23.6 Å². The van der Waals surface area contributed by atoms with Gasteiger partial charge in [-0.1, -0.05) is 18.2 Å². The van der Waals surface area contributed by atoms with Crippen LogP contribution in [0.5, 0.6) is 0 Å². The van der Waals surface area contributed by atoms with Crippen molar-refractivity contribution >= 4 is 54.7 Å². The molecule has 0 radical (unpaired) electrons. The quantitative estimate of drug-likeness (QED) is 0.849. The number of benzene rings is 1. The Labute approximate surface area is 118 Å². The van der Waals surface area contributed by atoms with Crippen LogP contribution in [-0.4, -0.2) is 30.3 Å². The minimum absolute atomic E-state index is 0.0672. The molecule has 19 heavy (non-hydrogen) atoms. The number of amides is 1. The average molecular weight is 312 g/mol. The topological polar surface area (TPSA) is 66.5 Å². The first-order chi connectivity index (χ1) is 8.98. The Morgan fingerprint density at radius 2 is 2.05 bits per heavy atom. The van der Waals surface area contributed by atoms with E-state index in [-0.39, 0.29) is 15.9 Å². The smallest absolute Gasteiger partial charge is 0.276 e. The molecular formula is C11H8N2O3S3. The maximum Gasteiger partial charge on any atom is 0.276 e. The largest absolute Gasteiger partial charge is 0.301 e. The van der Waals surface area contributed by atoms with Crippen molar-refractivity contribution in [3.05, 3.63) is 30.3 Å². The molecule has 1 aromatic carbocycles. The van der Waals surface area contributed by atoms with E-state index in [4.69, 9.17) is 12.2 Å². The first kappa shape index (κ1) is 12.5. The summed E-state index contributed by atoms with van der Waals surface area (Å²) in [6.07, 6.45) is 0. The molecule has 5 nitrogen and oxygen atoms in total. The minimum Gasteiger partial charge on any atom is -0.301 e. The van der Waals surface area contributed by atoms with Crippen LogP contribution in [0.4, 0.5) is 0 Å². The molecule has 1 saturated heterocycles. The van der Waals surface area contributed by atoms with Crippen molar-refractivity contribution in [3.63, 3.8) is 0 Å². The lowest BCUT2D eigenvalue weighted by molar-refractivity contribution is -0.118. The summed E-state index contributed by atoms with van der Waals surface area (Å²) in [4.78, 5) is 11.2. The average Bonchev–Trinajstić information content (AvgIpc) is 2.92. The lowest BCUT2D eigenvalue weighted by atomic mass is 10.3. The van der Waals surface area contributed by atoms with Gasteiger partial charge in [0, 0.05) is 4.70 Å². The zero-order valence-corrected chi connectivity index (χ0v) is 11.9. The number of nitrogens with one attached hydrogen (secondary N) is 1. The van der Waals surface area contributed by atoms with Crippen molar-refractivity contribution in [2.24, 2.45) is 0 Å². The van der Waals surface area contributed by atoms with E-state index in [1.165, 1.54) is 11.3 Å². The number of carbonyl (C=O) groups is 1. The van der Waals surface area contributed by atoms with Crippen LogP contribution in [0.2, 0.25) is 0 Å². The van der Waals surface area contributed by atoms with Gasteiger partial charge in [-0.05, 0) is 29.7 Å². The molecular weight excluding hydrogens is 304 g/mol. The summed E-state index contributed by atoms with van der Waals surface area (Å²) < 4.78 is 26.8. The molecule has 0 bridgehead atoms. The fourth-order valence-corrected chi connectivity index (χ4v) is 5.08. The van der Waals surface area contributed by atoms with Gasteiger partial charge in [-0.2, -0.15) is 0 Å². The number of fused-ring (bicyclic) bond motifs is 1. The number of thiophene rings is 1. The second-order valence-corrected chi connectivity index (χ2v) is 7.53. The molecule has 8 heteroatoms. The summed E-state index contributed by atoms with van der Waals surface area (Å²) in [6, 6.07) is 8.99. The summed E-state index contributed by atoms with van der Waals surface area (Å²) in [6.45, 7) is -0.255. The summed E-state index contributed by atoms with van der Waals surface area (Å²) in [5.41, 5.74) is 0. The van der Waals surface area contributed by atoms with Crippen molar-refractivity contribution in [2.75, 3.05) is 6.54 Å². The fourth-order valence-electron chi connectivity index (χ4n) is 1.81. The molecule has 0 unspecified atom stereocenters. The zero-order valence-electron chi connectivity index (χ0n) is 9.49. The minimum atomic E-state index is -3.76. The summed E-state index contributed by atoms with van der Waals surface area (Å²) in [7, 11) is -3.76. The first-order valence-corrected chi connectivity index (χ1v) is 8.00. The molecule has 0 atom stereocenters. The van der Waals surface area contributed by atoms with Crippen LogP contribution in [-0.2, 0) is 14.8 Å². The highest BCUT2D eigenvalue weighted by Gasteiger charge is 2.35. The number of hydrogen-bond acceptors (Lipinski definition) is 5. The molecule has 98 valence electrons. The predicted octanol–water partition coefficient (Wildman–Crippen LogP) is 1.31. The van der Waals surface area contributed by atoms with E-state index in [2.05, 4.69) is 5.32 Å². The van der Waals surface area contributed by atoms with Crippen molar-refractivity contribution in [3.8, 4) is 0 Å². The van der Waals surface area contributed by atoms with Gasteiger partial charge < -0.3 is 5.32 Å². The van der Waals surface area contributed by atoms with Crippen molar-refractivity contribution in [2.45, 2.75) is 4.21 Å². The van der Waals surface area contributed by atoms with Gasteiger partial charge in [0.1, 0.15) is 10.8 Å². The standard InChI is InChI=1S/C11H8N2O3S3/c14-9-6-13(11(17)12-9)19(15,16)10-5-7-3-1-2-4-8(7)18-10/h1-5H,6H2,(H,12,14,17). The Balaban J connectivity index is 2.09. The van der Waals surface area contributed by atoms with E-state index in [0.29, 0.717) is 0 Å². The second kappa shape index (κ2) is 4.26. The number of sulfonamides is 1. The predicted molar refractivity (Wildman–Crippen MR) is 76.5 cm³/mol. The van der Waals surface area contributed by atoms with Crippen LogP contribution in [0.25, 0.3) is 10.1 Å². The number of nitrogens with zero attached hydrogens (tertiary/aromatic N) is 1. The number of thiocarbonyl (C=S) groups is 1. The third-order valence-corrected chi connectivity index (χ3v) is 6.46. The maximum absolute atomic E-state index is 12.4. The summed E-state index contributed by atoms with van der Waals surface area (Å²) >= 11 is 6.03. The van der Waals surface area contributed by atoms with E-state index >= 15 is 0 Å². The highest BCUT2D eigenvalue weighted by Crippen LogP contribution is 2.31. The highest BCUT2D eigenvalue weighted by atomic mass is 32.2. The zero-order chi connectivity index (χ0) is 13.6. The van der Waals surface area contributed by atoms with Gasteiger partial charge in [-0.25, -0.2) is 12.7 Å². The summed E-state index contributed by atoms with van der Waals surface area (Å²) in [5.74, 6) is -0.408. The molecule has 0 spiro atoms. The Morgan fingerprint density at radius 1 is 1.32 bits per heavy atom. The lowest BCUT2D eigenvalue weighted by Crippen LogP contribution is -2.33. The van der Waals surface area contributed by atoms with E-state index in [9.17, 15) is 13.2 Å². The van der Waals surface area contributed by atoms with Crippen LogP contribution in [0.3, 0.4) is 0 Å². The van der Waals surface area contributed by atoms with Crippen LogP contribution in [0.15, 0.2) is 34.5 Å². The van der Waals surface area contributed by atoms with Gasteiger partial charge in [0.15, 0.2) is 5.11 Å². The van der Waals surface area contributed by atoms with Crippen molar-refractivity contribution < 1.29 is 13.2 Å². The number of carbonyl (C=O) groups excluding carboxylic acids is 1. The molecule has 1 aromatic heterocycles. The maximum atomic E-state index is 12.4. The summed E-state index contributed by atoms with van der Waals surface area (Å²) in [5, 5.41) is 3.11. The monoisotopic (exact) mass is 312 g/mol. The van der Waals surface area contributed by atoms with Crippen LogP contribution < -0.4 is 5.32 Å². The third-order valence-electron chi connectivity index (χ3n) is 2.71. The van der Waals surface area contributed by atoms with Gasteiger partial charge in [0.25, 0.3) is 10.0 Å². The number of rotatable bonds is 2. The first-order valence-electron chi connectivity index (χ1n) is 5.33. The molecule has 3 rings (SSSR count). The van der Waals surface area contributed by atoms with Crippen molar-refractivity contribution in [1.82, 2.24) is 9.62 Å². The Bertz CT molecular complexity index is 761. The van der Waals surface area contributed by atoms with Gasteiger partial charge in [0.05, 0.1) is 0 Å². The van der Waals surface area contributed by atoms with E-state index in [1.807, 2.05) is 24.3 Å². The van der Waals surface area contributed by atoms with Crippen LogP contribution in [0.1, 0.15) is 0 Å². The van der Waals surface area contributed by atoms with Crippen LogP contribution in [0, 0.1) is 0 Å².